The first-order valence-corrected chi connectivity index (χ1v) is 6.98. The molecule has 0 aliphatic carbocycles. The number of carbonyl (C=O) groups excluding carboxylic acids is 2. The number of nitrogens with one attached hydrogen (secondary N) is 1. The van der Waals surface area contributed by atoms with Crippen LogP contribution >= 0.6 is 0 Å². The highest BCUT2D eigenvalue weighted by Gasteiger charge is 2.37. The van der Waals surface area contributed by atoms with Crippen molar-refractivity contribution in [3.63, 3.8) is 0 Å². The van der Waals surface area contributed by atoms with Gasteiger partial charge in [-0.25, -0.2) is 4.79 Å². The number of hydrogen-bond acceptors (Lipinski definition) is 4. The van der Waals surface area contributed by atoms with Gasteiger partial charge in [0, 0.05) is 26.7 Å². The smallest absolute Gasteiger partial charge is 0.321 e. The second-order valence-corrected chi connectivity index (χ2v) is 4.97. The van der Waals surface area contributed by atoms with E-state index in [1.54, 1.807) is 12.0 Å². The van der Waals surface area contributed by atoms with Crippen LogP contribution in [0.25, 0.3) is 0 Å². The highest BCUT2D eigenvalue weighted by Crippen LogP contribution is 2.14. The van der Waals surface area contributed by atoms with Gasteiger partial charge in [-0.1, -0.05) is 0 Å². The molecule has 3 amide bonds. The number of piperazine rings is 1. The zero-order chi connectivity index (χ0) is 16.0. The predicted molar refractivity (Wildman–Crippen MR) is 74.9 cm³/mol. The van der Waals surface area contributed by atoms with E-state index in [1.807, 2.05) is 13.8 Å². The van der Waals surface area contributed by atoms with Crippen LogP contribution in [-0.4, -0.2) is 78.2 Å². The molecule has 0 aromatic heterocycles. The summed E-state index contributed by atoms with van der Waals surface area (Å²) in [5, 5.41) is 11.5. The summed E-state index contributed by atoms with van der Waals surface area (Å²) in [6.45, 7) is 5.15. The van der Waals surface area contributed by atoms with E-state index < -0.39 is 24.3 Å². The molecule has 0 saturated carbocycles. The maximum atomic E-state index is 12.6. The van der Waals surface area contributed by atoms with Crippen LogP contribution in [0.15, 0.2) is 0 Å². The van der Waals surface area contributed by atoms with Gasteiger partial charge in [0.05, 0.1) is 19.1 Å². The average molecular weight is 301 g/mol. The average Bonchev–Trinajstić information content (AvgIpc) is 2.41. The summed E-state index contributed by atoms with van der Waals surface area (Å²) in [4.78, 5) is 38.3. The predicted octanol–water partition coefficient (Wildman–Crippen LogP) is -0.262. The second-order valence-electron chi connectivity index (χ2n) is 4.97. The van der Waals surface area contributed by atoms with Gasteiger partial charge in [0.25, 0.3) is 0 Å². The van der Waals surface area contributed by atoms with Crippen molar-refractivity contribution in [3.05, 3.63) is 0 Å². The van der Waals surface area contributed by atoms with Crippen LogP contribution in [0, 0.1) is 0 Å². The van der Waals surface area contributed by atoms with Crippen molar-refractivity contribution in [2.45, 2.75) is 32.4 Å². The number of amides is 3. The number of methoxy groups -OCH3 is 1. The Labute approximate surface area is 124 Å². The maximum Gasteiger partial charge on any atom is 0.321 e. The topological polar surface area (TPSA) is 99.2 Å². The minimum Gasteiger partial charge on any atom is -0.481 e. The monoisotopic (exact) mass is 301 g/mol. The second kappa shape index (κ2) is 7.82. The number of carboxylic acid groups (broad SMARTS) is 1. The Morgan fingerprint density at radius 2 is 2.24 bits per heavy atom. The molecule has 2 atom stereocenters. The van der Waals surface area contributed by atoms with Crippen LogP contribution in [0.4, 0.5) is 4.79 Å². The lowest BCUT2D eigenvalue weighted by atomic mass is 10.1. The molecule has 2 N–H and O–H groups in total. The molecule has 1 aliphatic heterocycles. The summed E-state index contributed by atoms with van der Waals surface area (Å²) in [6, 6.07) is -1.45. The fraction of sp³-hybridized carbons (Fsp3) is 0.769. The van der Waals surface area contributed by atoms with E-state index in [2.05, 4.69) is 5.32 Å². The van der Waals surface area contributed by atoms with Gasteiger partial charge in [-0.05, 0) is 13.8 Å². The van der Waals surface area contributed by atoms with E-state index in [0.29, 0.717) is 26.2 Å². The lowest BCUT2D eigenvalue weighted by Crippen LogP contribution is -2.61. The van der Waals surface area contributed by atoms with E-state index in [9.17, 15) is 14.4 Å². The zero-order valence-electron chi connectivity index (χ0n) is 12.7. The van der Waals surface area contributed by atoms with E-state index in [1.165, 1.54) is 4.90 Å². The van der Waals surface area contributed by atoms with Crippen LogP contribution in [0.1, 0.15) is 20.3 Å². The van der Waals surface area contributed by atoms with Gasteiger partial charge in [-0.15, -0.1) is 0 Å². The fourth-order valence-electron chi connectivity index (χ4n) is 2.44. The molecule has 1 fully saturated rings. The first kappa shape index (κ1) is 17.2. The van der Waals surface area contributed by atoms with Gasteiger partial charge in [0.1, 0.15) is 6.04 Å². The van der Waals surface area contributed by atoms with Gasteiger partial charge in [0.2, 0.25) is 5.91 Å². The van der Waals surface area contributed by atoms with Crippen LogP contribution in [0.2, 0.25) is 0 Å². The molecule has 8 nitrogen and oxygen atoms in total. The van der Waals surface area contributed by atoms with Crippen molar-refractivity contribution < 1.29 is 24.2 Å². The SMILES string of the molecule is CCN(C(=O)N1CCNC(=O)C1CC(=O)O)C(C)COC. The molecule has 1 rings (SSSR count). The Kier molecular flexibility index (Phi) is 6.41. The molecule has 0 spiro atoms. The molecule has 1 aliphatic rings. The zero-order valence-corrected chi connectivity index (χ0v) is 12.7. The van der Waals surface area contributed by atoms with Crippen molar-refractivity contribution in [2.75, 3.05) is 33.4 Å². The largest absolute Gasteiger partial charge is 0.481 e. The molecule has 0 aromatic carbocycles. The number of urea groups is 1. The lowest BCUT2D eigenvalue weighted by Gasteiger charge is -2.39. The molecular weight excluding hydrogens is 278 g/mol. The van der Waals surface area contributed by atoms with E-state index >= 15 is 0 Å². The number of aliphatic carboxylic acids is 1. The number of hydrogen-bond donors (Lipinski definition) is 2. The number of carbonyl (C=O) groups is 3. The summed E-state index contributed by atoms with van der Waals surface area (Å²) < 4.78 is 5.05. The number of ether oxygens (including phenoxy) is 1. The molecule has 21 heavy (non-hydrogen) atoms. The Balaban J connectivity index is 2.89. The van der Waals surface area contributed by atoms with Crippen molar-refractivity contribution in [1.82, 2.24) is 15.1 Å². The number of carboxylic acids is 1. The fourth-order valence-corrected chi connectivity index (χ4v) is 2.44. The number of likely N-dealkylation sites (N-methyl/N-ethyl adjacent to an activating group) is 1. The third-order valence-electron chi connectivity index (χ3n) is 3.47. The molecular formula is C13H23N3O5. The van der Waals surface area contributed by atoms with Gasteiger partial charge < -0.3 is 25.0 Å². The lowest BCUT2D eigenvalue weighted by molar-refractivity contribution is -0.142. The van der Waals surface area contributed by atoms with Crippen molar-refractivity contribution in [3.8, 4) is 0 Å². The third-order valence-corrected chi connectivity index (χ3v) is 3.47. The van der Waals surface area contributed by atoms with Crippen molar-refractivity contribution in [2.24, 2.45) is 0 Å². The Morgan fingerprint density at radius 3 is 2.76 bits per heavy atom. The minimum atomic E-state index is -1.11. The Bertz CT molecular complexity index is 401. The summed E-state index contributed by atoms with van der Waals surface area (Å²) in [5.74, 6) is -1.53. The Morgan fingerprint density at radius 1 is 1.57 bits per heavy atom. The molecule has 2 unspecified atom stereocenters. The number of rotatable bonds is 6. The first-order valence-electron chi connectivity index (χ1n) is 6.98. The normalized spacial score (nSPS) is 19.9. The van der Waals surface area contributed by atoms with Crippen LogP contribution < -0.4 is 5.32 Å². The first-order chi connectivity index (χ1) is 9.92. The van der Waals surface area contributed by atoms with E-state index in [4.69, 9.17) is 9.84 Å². The molecule has 1 saturated heterocycles. The molecule has 8 heteroatoms. The van der Waals surface area contributed by atoms with Gasteiger partial charge in [0.15, 0.2) is 0 Å². The summed E-state index contributed by atoms with van der Waals surface area (Å²) in [5.41, 5.74) is 0. The third kappa shape index (κ3) is 4.32. The van der Waals surface area contributed by atoms with Crippen molar-refractivity contribution in [1.29, 1.82) is 0 Å². The van der Waals surface area contributed by atoms with Gasteiger partial charge in [-0.3, -0.25) is 9.59 Å². The molecule has 0 bridgehead atoms. The summed E-state index contributed by atoms with van der Waals surface area (Å²) >= 11 is 0. The van der Waals surface area contributed by atoms with Crippen molar-refractivity contribution >= 4 is 17.9 Å². The van der Waals surface area contributed by atoms with Crippen LogP contribution in [-0.2, 0) is 14.3 Å². The number of nitrogens with zero attached hydrogens (tertiary/aromatic N) is 2. The summed E-state index contributed by atoms with van der Waals surface area (Å²) in [7, 11) is 1.55. The quantitative estimate of drug-likeness (QED) is 0.704. The standard InChI is InChI=1S/C13H23N3O5/c1-4-15(9(2)8-21-3)13(20)16-6-5-14-12(19)10(16)7-11(17)18/h9-10H,4-8H2,1-3H3,(H,14,19)(H,17,18). The molecule has 0 aromatic rings. The highest BCUT2D eigenvalue weighted by molar-refractivity contribution is 5.91. The van der Waals surface area contributed by atoms with Crippen LogP contribution in [0.3, 0.4) is 0 Å². The van der Waals surface area contributed by atoms with E-state index in [0.717, 1.165) is 0 Å². The highest BCUT2D eigenvalue weighted by atomic mass is 16.5. The summed E-state index contributed by atoms with van der Waals surface area (Å²) in [6.07, 6.45) is -0.395. The maximum absolute atomic E-state index is 12.6. The molecule has 120 valence electrons. The van der Waals surface area contributed by atoms with Gasteiger partial charge in [-0.2, -0.15) is 0 Å². The Hall–Kier alpha value is -1.83. The molecule has 0 radical (unpaired) electrons. The van der Waals surface area contributed by atoms with E-state index in [-0.39, 0.29) is 12.1 Å². The van der Waals surface area contributed by atoms with Crippen LogP contribution in [0.5, 0.6) is 0 Å². The molecule has 1 heterocycles. The minimum absolute atomic E-state index is 0.150. The van der Waals surface area contributed by atoms with Gasteiger partial charge >= 0.3 is 12.0 Å².